The number of ketones is 1. The van der Waals surface area contributed by atoms with Gasteiger partial charge in [0.2, 0.25) is 0 Å². The van der Waals surface area contributed by atoms with Crippen LogP contribution in [0.25, 0.3) is 0 Å². The molecule has 3 heteroatoms. The Morgan fingerprint density at radius 2 is 1.89 bits per heavy atom. The van der Waals surface area contributed by atoms with Crippen LogP contribution >= 0.6 is 0 Å². The zero-order valence-electron chi connectivity index (χ0n) is 11.1. The Morgan fingerprint density at radius 1 is 1.28 bits per heavy atom. The monoisotopic (exact) mass is 247 g/mol. The second-order valence-electron chi connectivity index (χ2n) is 4.92. The predicted octanol–water partition coefficient (Wildman–Crippen LogP) is 2.80. The molecule has 18 heavy (non-hydrogen) atoms. The van der Waals surface area contributed by atoms with Gasteiger partial charge in [-0.2, -0.15) is 0 Å². The van der Waals surface area contributed by atoms with Crippen LogP contribution in [0.1, 0.15) is 43.0 Å². The standard InChI is InChI=1S/C15H21NO2/c1-11(16-2)15(17)12-7-9-14(10-8-12)18-13-5-3-4-6-13/h7-11,13,16H,3-6H2,1-2H3. The third-order valence-corrected chi connectivity index (χ3v) is 3.57. The summed E-state index contributed by atoms with van der Waals surface area (Å²) in [6.45, 7) is 1.87. The van der Waals surface area contributed by atoms with Gasteiger partial charge in [-0.15, -0.1) is 0 Å². The van der Waals surface area contributed by atoms with Crippen LogP contribution in [0.5, 0.6) is 5.75 Å². The molecule has 0 saturated heterocycles. The summed E-state index contributed by atoms with van der Waals surface area (Å²) in [6, 6.07) is 7.34. The number of benzene rings is 1. The Hall–Kier alpha value is -1.35. The third-order valence-electron chi connectivity index (χ3n) is 3.57. The molecule has 1 fully saturated rings. The van der Waals surface area contributed by atoms with Gasteiger partial charge in [0, 0.05) is 5.56 Å². The Bertz CT molecular complexity index is 393. The largest absolute Gasteiger partial charge is 0.490 e. The molecule has 0 heterocycles. The molecule has 0 amide bonds. The van der Waals surface area contributed by atoms with E-state index in [2.05, 4.69) is 5.32 Å². The van der Waals surface area contributed by atoms with Gasteiger partial charge in [-0.3, -0.25) is 4.79 Å². The minimum Gasteiger partial charge on any atom is -0.490 e. The van der Waals surface area contributed by atoms with Gasteiger partial charge in [-0.25, -0.2) is 0 Å². The van der Waals surface area contributed by atoms with Gasteiger partial charge in [0.1, 0.15) is 5.75 Å². The fourth-order valence-electron chi connectivity index (χ4n) is 2.28. The highest BCUT2D eigenvalue weighted by Gasteiger charge is 2.17. The Balaban J connectivity index is 1.98. The van der Waals surface area contributed by atoms with Crippen molar-refractivity contribution >= 4 is 5.78 Å². The summed E-state index contributed by atoms with van der Waals surface area (Å²) in [6.07, 6.45) is 5.19. The van der Waals surface area contributed by atoms with Crippen LogP contribution in [-0.2, 0) is 0 Å². The first-order valence-corrected chi connectivity index (χ1v) is 6.69. The lowest BCUT2D eigenvalue weighted by molar-refractivity contribution is 0.0955. The van der Waals surface area contributed by atoms with Gasteiger partial charge in [-0.1, -0.05) is 0 Å². The van der Waals surface area contributed by atoms with Crippen molar-refractivity contribution in [1.29, 1.82) is 0 Å². The Kier molecular flexibility index (Phi) is 4.37. The number of hydrogen-bond donors (Lipinski definition) is 1. The zero-order valence-corrected chi connectivity index (χ0v) is 11.1. The van der Waals surface area contributed by atoms with E-state index < -0.39 is 0 Å². The average molecular weight is 247 g/mol. The fourth-order valence-corrected chi connectivity index (χ4v) is 2.28. The van der Waals surface area contributed by atoms with E-state index in [-0.39, 0.29) is 11.8 Å². The summed E-state index contributed by atoms with van der Waals surface area (Å²) in [5.74, 6) is 0.987. The molecule has 0 spiro atoms. The molecular formula is C15H21NO2. The fraction of sp³-hybridized carbons (Fsp3) is 0.533. The molecule has 98 valence electrons. The van der Waals surface area contributed by atoms with Crippen molar-refractivity contribution in [3.63, 3.8) is 0 Å². The summed E-state index contributed by atoms with van der Waals surface area (Å²) in [5, 5.41) is 2.96. The first-order valence-electron chi connectivity index (χ1n) is 6.69. The van der Waals surface area contributed by atoms with Crippen LogP contribution in [0, 0.1) is 0 Å². The van der Waals surface area contributed by atoms with Gasteiger partial charge in [-0.05, 0) is 63.9 Å². The van der Waals surface area contributed by atoms with Gasteiger partial charge in [0.25, 0.3) is 0 Å². The van der Waals surface area contributed by atoms with E-state index in [1.165, 1.54) is 12.8 Å². The van der Waals surface area contributed by atoms with E-state index in [9.17, 15) is 4.79 Å². The molecule has 0 aliphatic heterocycles. The van der Waals surface area contributed by atoms with Crippen LogP contribution in [0.2, 0.25) is 0 Å². The highest BCUT2D eigenvalue weighted by molar-refractivity contribution is 5.99. The smallest absolute Gasteiger partial charge is 0.179 e. The summed E-state index contributed by atoms with van der Waals surface area (Å²) in [4.78, 5) is 11.9. The number of ether oxygens (including phenoxy) is 1. The van der Waals surface area contributed by atoms with Crippen LogP contribution in [0.15, 0.2) is 24.3 Å². The molecule has 3 nitrogen and oxygen atoms in total. The Labute approximate surface area is 109 Å². The molecule has 1 saturated carbocycles. The maximum Gasteiger partial charge on any atom is 0.179 e. The number of carbonyl (C=O) groups is 1. The van der Waals surface area contributed by atoms with Gasteiger partial charge in [0.05, 0.1) is 12.1 Å². The van der Waals surface area contributed by atoms with E-state index in [0.29, 0.717) is 6.10 Å². The molecule has 0 aromatic heterocycles. The van der Waals surface area contributed by atoms with Crippen LogP contribution < -0.4 is 10.1 Å². The van der Waals surface area contributed by atoms with Gasteiger partial charge >= 0.3 is 0 Å². The van der Waals surface area contributed by atoms with Crippen molar-refractivity contribution < 1.29 is 9.53 Å². The van der Waals surface area contributed by atoms with Crippen LogP contribution in [0.3, 0.4) is 0 Å². The van der Waals surface area contributed by atoms with Gasteiger partial charge < -0.3 is 10.1 Å². The van der Waals surface area contributed by atoms with E-state index in [1.54, 1.807) is 7.05 Å². The molecule has 0 radical (unpaired) electrons. The topological polar surface area (TPSA) is 38.3 Å². The van der Waals surface area contributed by atoms with Crippen molar-refractivity contribution in [1.82, 2.24) is 5.32 Å². The van der Waals surface area contributed by atoms with Crippen molar-refractivity contribution in [3.05, 3.63) is 29.8 Å². The molecule has 0 bridgehead atoms. The van der Waals surface area contributed by atoms with Crippen LogP contribution in [0.4, 0.5) is 0 Å². The summed E-state index contributed by atoms with van der Waals surface area (Å²) in [5.41, 5.74) is 0.732. The molecule has 1 aromatic rings. The zero-order chi connectivity index (χ0) is 13.0. The number of likely N-dealkylation sites (N-methyl/N-ethyl adjacent to an activating group) is 1. The molecule has 1 atom stereocenters. The highest BCUT2D eigenvalue weighted by Crippen LogP contribution is 2.24. The van der Waals surface area contributed by atoms with E-state index in [0.717, 1.165) is 24.2 Å². The maximum absolute atomic E-state index is 11.9. The number of nitrogens with one attached hydrogen (secondary N) is 1. The number of Topliss-reactive ketones (excluding diaryl/α,β-unsaturated/α-hetero) is 1. The lowest BCUT2D eigenvalue weighted by Gasteiger charge is -2.14. The molecule has 1 aliphatic carbocycles. The van der Waals surface area contributed by atoms with Crippen molar-refractivity contribution in [3.8, 4) is 5.75 Å². The number of carbonyl (C=O) groups excluding carboxylic acids is 1. The first kappa shape index (κ1) is 13.1. The molecule has 1 unspecified atom stereocenters. The molecule has 1 N–H and O–H groups in total. The summed E-state index contributed by atoms with van der Waals surface area (Å²) >= 11 is 0. The van der Waals surface area contributed by atoms with Crippen molar-refractivity contribution in [2.24, 2.45) is 0 Å². The van der Waals surface area contributed by atoms with E-state index in [4.69, 9.17) is 4.74 Å². The lowest BCUT2D eigenvalue weighted by atomic mass is 10.1. The molecule has 1 aliphatic rings. The second kappa shape index (κ2) is 6.01. The molecule has 1 aromatic carbocycles. The molecular weight excluding hydrogens is 226 g/mol. The minimum absolute atomic E-state index is 0.116. The van der Waals surface area contributed by atoms with Crippen LogP contribution in [-0.4, -0.2) is 25.0 Å². The van der Waals surface area contributed by atoms with E-state index in [1.807, 2.05) is 31.2 Å². The second-order valence-corrected chi connectivity index (χ2v) is 4.92. The maximum atomic E-state index is 11.9. The molecule has 2 rings (SSSR count). The summed E-state index contributed by atoms with van der Waals surface area (Å²) < 4.78 is 5.87. The average Bonchev–Trinajstić information content (AvgIpc) is 2.91. The quantitative estimate of drug-likeness (QED) is 0.813. The summed E-state index contributed by atoms with van der Waals surface area (Å²) in [7, 11) is 1.79. The third kappa shape index (κ3) is 3.10. The van der Waals surface area contributed by atoms with Gasteiger partial charge in [0.15, 0.2) is 5.78 Å². The predicted molar refractivity (Wildman–Crippen MR) is 72.2 cm³/mol. The van der Waals surface area contributed by atoms with E-state index >= 15 is 0 Å². The normalized spacial score (nSPS) is 17.7. The lowest BCUT2D eigenvalue weighted by Crippen LogP contribution is -2.30. The SMILES string of the molecule is CNC(C)C(=O)c1ccc(OC2CCCC2)cc1. The first-order chi connectivity index (χ1) is 8.70. The number of rotatable bonds is 5. The highest BCUT2D eigenvalue weighted by atomic mass is 16.5. The van der Waals surface area contributed by atoms with Crippen molar-refractivity contribution in [2.75, 3.05) is 7.05 Å². The Morgan fingerprint density at radius 3 is 2.44 bits per heavy atom. The minimum atomic E-state index is -0.147. The number of hydrogen-bond acceptors (Lipinski definition) is 3. The van der Waals surface area contributed by atoms with Crippen molar-refractivity contribution in [2.45, 2.75) is 44.8 Å².